The van der Waals surface area contributed by atoms with Gasteiger partial charge in [-0.3, -0.25) is 4.68 Å². The maximum atomic E-state index is 5.80. The topological polar surface area (TPSA) is 43.8 Å². The van der Waals surface area contributed by atoms with Crippen molar-refractivity contribution in [2.75, 3.05) is 5.73 Å². The summed E-state index contributed by atoms with van der Waals surface area (Å²) >= 11 is 0. The van der Waals surface area contributed by atoms with Gasteiger partial charge in [-0.25, -0.2) is 0 Å². The van der Waals surface area contributed by atoms with E-state index in [0.29, 0.717) is 0 Å². The number of aromatic nitrogens is 2. The summed E-state index contributed by atoms with van der Waals surface area (Å²) in [5, 5.41) is 4.23. The Morgan fingerprint density at radius 2 is 2.00 bits per heavy atom. The van der Waals surface area contributed by atoms with Gasteiger partial charge in [-0.15, -0.1) is 0 Å². The van der Waals surface area contributed by atoms with Crippen LogP contribution >= 0.6 is 0 Å². The summed E-state index contributed by atoms with van der Waals surface area (Å²) < 4.78 is 1.94. The van der Waals surface area contributed by atoms with Gasteiger partial charge >= 0.3 is 0 Å². The molecule has 0 aliphatic heterocycles. The molecule has 0 saturated carbocycles. The lowest BCUT2D eigenvalue weighted by atomic mass is 10.1. The van der Waals surface area contributed by atoms with E-state index < -0.39 is 0 Å². The monoisotopic (exact) mass is 165 g/mol. The Balaban J connectivity index is 2.44. The zero-order chi connectivity index (χ0) is 8.55. The minimum atomic E-state index is 0.745. The highest BCUT2D eigenvalue weighted by atomic mass is 15.3. The summed E-state index contributed by atoms with van der Waals surface area (Å²) in [7, 11) is 1.99. The van der Waals surface area contributed by atoms with Gasteiger partial charge in [0.05, 0.1) is 0 Å². The molecule has 0 atom stereocenters. The van der Waals surface area contributed by atoms with E-state index in [0.717, 1.165) is 18.7 Å². The van der Waals surface area contributed by atoms with E-state index in [1.807, 2.05) is 11.7 Å². The smallest absolute Gasteiger partial charge is 0.148 e. The van der Waals surface area contributed by atoms with Crippen molar-refractivity contribution in [2.24, 2.45) is 7.05 Å². The number of nitrogen functional groups attached to an aromatic ring is 1. The molecule has 0 fully saturated rings. The van der Waals surface area contributed by atoms with Crippen LogP contribution in [-0.2, 0) is 19.9 Å². The lowest BCUT2D eigenvalue weighted by Crippen LogP contribution is -1.98. The van der Waals surface area contributed by atoms with Crippen LogP contribution in [0.3, 0.4) is 0 Å². The molecule has 2 rings (SSSR count). The van der Waals surface area contributed by atoms with E-state index in [-0.39, 0.29) is 0 Å². The minimum absolute atomic E-state index is 0.745. The van der Waals surface area contributed by atoms with Crippen LogP contribution in [0.5, 0.6) is 0 Å². The van der Waals surface area contributed by atoms with Crippen molar-refractivity contribution in [2.45, 2.75) is 32.1 Å². The fourth-order valence-corrected chi connectivity index (χ4v) is 1.98. The molecule has 1 aliphatic rings. The molecule has 2 N–H and O–H groups in total. The maximum Gasteiger partial charge on any atom is 0.148 e. The summed E-state index contributed by atoms with van der Waals surface area (Å²) in [6.07, 6.45) is 6.15. The van der Waals surface area contributed by atoms with Gasteiger partial charge in [0.2, 0.25) is 0 Å². The molecule has 3 heteroatoms. The molecule has 1 heterocycles. The van der Waals surface area contributed by atoms with Gasteiger partial charge in [0, 0.05) is 18.3 Å². The highest BCUT2D eigenvalue weighted by Gasteiger charge is 2.15. The van der Waals surface area contributed by atoms with Gasteiger partial charge in [0.15, 0.2) is 0 Å². The SMILES string of the molecule is Cn1nc(N)c2c1CCCCC2. The third-order valence-electron chi connectivity index (χ3n) is 2.65. The molecular weight excluding hydrogens is 150 g/mol. The average Bonchev–Trinajstić information content (AvgIpc) is 2.29. The quantitative estimate of drug-likeness (QED) is 0.588. The minimum Gasteiger partial charge on any atom is -0.382 e. The predicted octanol–water partition coefficient (Wildman–Crippen LogP) is 1.27. The number of anilines is 1. The number of aryl methyl sites for hydroxylation is 1. The van der Waals surface area contributed by atoms with E-state index in [4.69, 9.17) is 5.73 Å². The normalized spacial score (nSPS) is 17.1. The standard InChI is InChI=1S/C9H15N3/c1-12-8-6-4-2-3-5-7(8)9(10)11-12/h2-6H2,1H3,(H2,10,11). The number of fused-ring (bicyclic) bond motifs is 1. The fraction of sp³-hybridized carbons (Fsp3) is 0.667. The van der Waals surface area contributed by atoms with Crippen molar-refractivity contribution < 1.29 is 0 Å². The Kier molecular flexibility index (Phi) is 1.79. The van der Waals surface area contributed by atoms with E-state index >= 15 is 0 Å². The fourth-order valence-electron chi connectivity index (χ4n) is 1.98. The van der Waals surface area contributed by atoms with Gasteiger partial charge in [-0.1, -0.05) is 6.42 Å². The molecule has 1 aromatic heterocycles. The highest BCUT2D eigenvalue weighted by Crippen LogP contribution is 2.24. The van der Waals surface area contributed by atoms with Crippen LogP contribution in [0.4, 0.5) is 5.82 Å². The molecule has 0 spiro atoms. The van der Waals surface area contributed by atoms with Crippen LogP contribution in [0.1, 0.15) is 30.5 Å². The first-order chi connectivity index (χ1) is 5.79. The Hall–Kier alpha value is -0.990. The lowest BCUT2D eigenvalue weighted by Gasteiger charge is -1.99. The molecule has 0 aromatic carbocycles. The first kappa shape index (κ1) is 7.65. The van der Waals surface area contributed by atoms with Crippen LogP contribution in [0.25, 0.3) is 0 Å². The molecule has 12 heavy (non-hydrogen) atoms. The molecule has 0 radical (unpaired) electrons. The Labute approximate surface area is 72.6 Å². The average molecular weight is 165 g/mol. The molecule has 1 aromatic rings. The summed E-state index contributed by atoms with van der Waals surface area (Å²) in [5.41, 5.74) is 8.45. The van der Waals surface area contributed by atoms with Crippen molar-refractivity contribution in [3.8, 4) is 0 Å². The van der Waals surface area contributed by atoms with Crippen LogP contribution in [-0.4, -0.2) is 9.78 Å². The van der Waals surface area contributed by atoms with E-state index in [9.17, 15) is 0 Å². The second-order valence-electron chi connectivity index (χ2n) is 3.49. The first-order valence-corrected chi connectivity index (χ1v) is 4.59. The molecule has 0 bridgehead atoms. The molecule has 0 saturated heterocycles. The molecule has 3 nitrogen and oxygen atoms in total. The van der Waals surface area contributed by atoms with Crippen molar-refractivity contribution in [1.29, 1.82) is 0 Å². The summed E-state index contributed by atoms with van der Waals surface area (Å²) in [5.74, 6) is 0.745. The predicted molar refractivity (Wildman–Crippen MR) is 48.9 cm³/mol. The summed E-state index contributed by atoms with van der Waals surface area (Å²) in [6.45, 7) is 0. The van der Waals surface area contributed by atoms with Crippen molar-refractivity contribution in [1.82, 2.24) is 9.78 Å². The third kappa shape index (κ3) is 1.09. The van der Waals surface area contributed by atoms with Crippen LogP contribution < -0.4 is 5.73 Å². The summed E-state index contributed by atoms with van der Waals surface area (Å²) in [4.78, 5) is 0. The first-order valence-electron chi connectivity index (χ1n) is 4.59. The number of rotatable bonds is 0. The van der Waals surface area contributed by atoms with Crippen LogP contribution in [0.15, 0.2) is 0 Å². The Morgan fingerprint density at radius 1 is 1.25 bits per heavy atom. The lowest BCUT2D eigenvalue weighted by molar-refractivity contribution is 0.664. The van der Waals surface area contributed by atoms with Gasteiger partial charge in [0.1, 0.15) is 5.82 Å². The van der Waals surface area contributed by atoms with Crippen LogP contribution in [0, 0.1) is 0 Å². The van der Waals surface area contributed by atoms with Crippen molar-refractivity contribution in [3.63, 3.8) is 0 Å². The van der Waals surface area contributed by atoms with E-state index in [2.05, 4.69) is 5.10 Å². The zero-order valence-corrected chi connectivity index (χ0v) is 7.51. The Morgan fingerprint density at radius 3 is 2.83 bits per heavy atom. The number of nitrogens with zero attached hydrogens (tertiary/aromatic N) is 2. The third-order valence-corrected chi connectivity index (χ3v) is 2.65. The maximum absolute atomic E-state index is 5.80. The molecule has 0 unspecified atom stereocenters. The number of nitrogens with two attached hydrogens (primary N) is 1. The number of hydrogen-bond donors (Lipinski definition) is 1. The van der Waals surface area contributed by atoms with Crippen LogP contribution in [0.2, 0.25) is 0 Å². The molecule has 66 valence electrons. The second-order valence-corrected chi connectivity index (χ2v) is 3.49. The van der Waals surface area contributed by atoms with Gasteiger partial charge in [-0.05, 0) is 25.7 Å². The van der Waals surface area contributed by atoms with Gasteiger partial charge in [-0.2, -0.15) is 5.10 Å². The van der Waals surface area contributed by atoms with Gasteiger partial charge < -0.3 is 5.73 Å². The van der Waals surface area contributed by atoms with Crippen molar-refractivity contribution in [3.05, 3.63) is 11.3 Å². The Bertz CT molecular complexity index is 262. The summed E-state index contributed by atoms with van der Waals surface area (Å²) in [6, 6.07) is 0. The second kappa shape index (κ2) is 2.81. The molecule has 0 amide bonds. The molecule has 1 aliphatic carbocycles. The van der Waals surface area contributed by atoms with E-state index in [1.165, 1.54) is 30.5 Å². The van der Waals surface area contributed by atoms with Crippen molar-refractivity contribution >= 4 is 5.82 Å². The highest BCUT2D eigenvalue weighted by molar-refractivity contribution is 5.43. The van der Waals surface area contributed by atoms with E-state index in [1.54, 1.807) is 0 Å². The van der Waals surface area contributed by atoms with Gasteiger partial charge in [0.25, 0.3) is 0 Å². The molecular formula is C9H15N3. The number of hydrogen-bond acceptors (Lipinski definition) is 2. The largest absolute Gasteiger partial charge is 0.382 e. The zero-order valence-electron chi connectivity index (χ0n) is 7.51.